The van der Waals surface area contributed by atoms with Crippen molar-refractivity contribution in [3.05, 3.63) is 24.3 Å². The maximum absolute atomic E-state index is 12.2. The molecule has 0 saturated carbocycles. The first kappa shape index (κ1) is 17.3. The van der Waals surface area contributed by atoms with E-state index in [0.29, 0.717) is 26.3 Å². The highest BCUT2D eigenvalue weighted by Crippen LogP contribution is 2.26. The molecule has 1 fully saturated rings. The van der Waals surface area contributed by atoms with Crippen LogP contribution in [0, 0.1) is 5.92 Å². The van der Waals surface area contributed by atoms with E-state index in [1.165, 1.54) is 0 Å². The average molecular weight is 320 g/mol. The second kappa shape index (κ2) is 8.53. The molecule has 0 bridgehead atoms. The predicted octanol–water partition coefficient (Wildman–Crippen LogP) is 1.59. The maximum Gasteiger partial charge on any atom is 0.227 e. The Morgan fingerprint density at radius 2 is 2.09 bits per heavy atom. The molecule has 1 heterocycles. The van der Waals surface area contributed by atoms with E-state index < -0.39 is 0 Å². The van der Waals surface area contributed by atoms with Crippen LogP contribution in [0.3, 0.4) is 0 Å². The smallest absolute Gasteiger partial charge is 0.227 e. The third-order valence-corrected chi connectivity index (χ3v) is 3.78. The van der Waals surface area contributed by atoms with Gasteiger partial charge < -0.3 is 19.7 Å². The SMILES string of the molecule is CCOc1ccc(N2C[C@H](C(=O)NCCCOC)CC2=O)cc1. The van der Waals surface area contributed by atoms with E-state index in [1.807, 2.05) is 31.2 Å². The van der Waals surface area contributed by atoms with Crippen LogP contribution in [0.1, 0.15) is 19.8 Å². The lowest BCUT2D eigenvalue weighted by Crippen LogP contribution is -2.33. The Morgan fingerprint density at radius 1 is 1.35 bits per heavy atom. The highest BCUT2D eigenvalue weighted by Gasteiger charge is 2.34. The van der Waals surface area contributed by atoms with Crippen molar-refractivity contribution in [1.29, 1.82) is 0 Å². The first-order chi connectivity index (χ1) is 11.2. The minimum absolute atomic E-state index is 0.0220. The molecule has 2 amide bonds. The first-order valence-electron chi connectivity index (χ1n) is 7.95. The van der Waals surface area contributed by atoms with Gasteiger partial charge in [0.1, 0.15) is 5.75 Å². The lowest BCUT2D eigenvalue weighted by atomic mass is 10.1. The highest BCUT2D eigenvalue weighted by atomic mass is 16.5. The van der Waals surface area contributed by atoms with Crippen molar-refractivity contribution in [2.75, 3.05) is 38.3 Å². The summed E-state index contributed by atoms with van der Waals surface area (Å²) in [5, 5.41) is 2.86. The fraction of sp³-hybridized carbons (Fsp3) is 0.529. The molecular weight excluding hydrogens is 296 g/mol. The lowest BCUT2D eigenvalue weighted by molar-refractivity contribution is -0.126. The van der Waals surface area contributed by atoms with Crippen LogP contribution in [0.2, 0.25) is 0 Å². The number of amides is 2. The van der Waals surface area contributed by atoms with Crippen LogP contribution in [0.5, 0.6) is 5.75 Å². The van der Waals surface area contributed by atoms with E-state index in [4.69, 9.17) is 9.47 Å². The first-order valence-corrected chi connectivity index (χ1v) is 7.95. The fourth-order valence-electron chi connectivity index (χ4n) is 2.59. The minimum Gasteiger partial charge on any atom is -0.494 e. The zero-order chi connectivity index (χ0) is 16.7. The minimum atomic E-state index is -0.295. The molecule has 1 atom stereocenters. The molecule has 0 aliphatic carbocycles. The van der Waals surface area contributed by atoms with Gasteiger partial charge in [-0.1, -0.05) is 0 Å². The largest absolute Gasteiger partial charge is 0.494 e. The van der Waals surface area contributed by atoms with E-state index in [2.05, 4.69) is 5.32 Å². The Kier molecular flexibility index (Phi) is 6.40. The number of methoxy groups -OCH3 is 1. The monoisotopic (exact) mass is 320 g/mol. The van der Waals surface area contributed by atoms with Crippen LogP contribution in [0.4, 0.5) is 5.69 Å². The quantitative estimate of drug-likeness (QED) is 0.739. The third-order valence-electron chi connectivity index (χ3n) is 3.78. The molecule has 1 aliphatic rings. The average Bonchev–Trinajstić information content (AvgIpc) is 2.94. The number of carbonyl (C=O) groups is 2. The van der Waals surface area contributed by atoms with Crippen LogP contribution in [-0.2, 0) is 14.3 Å². The molecule has 1 N–H and O–H groups in total. The van der Waals surface area contributed by atoms with Crippen molar-refractivity contribution in [3.8, 4) is 5.75 Å². The molecule has 0 aromatic heterocycles. The van der Waals surface area contributed by atoms with E-state index in [-0.39, 0.29) is 24.2 Å². The number of hydrogen-bond donors (Lipinski definition) is 1. The Balaban J connectivity index is 1.90. The molecular formula is C17H24N2O4. The van der Waals surface area contributed by atoms with Crippen molar-refractivity contribution < 1.29 is 19.1 Å². The third kappa shape index (κ3) is 4.69. The van der Waals surface area contributed by atoms with Gasteiger partial charge in [-0.2, -0.15) is 0 Å². The molecule has 1 saturated heterocycles. The maximum atomic E-state index is 12.2. The Hall–Kier alpha value is -2.08. The number of anilines is 1. The summed E-state index contributed by atoms with van der Waals surface area (Å²) in [6, 6.07) is 7.37. The van der Waals surface area contributed by atoms with Crippen molar-refractivity contribution in [3.63, 3.8) is 0 Å². The molecule has 1 aliphatic heterocycles. The van der Waals surface area contributed by atoms with Gasteiger partial charge in [0.05, 0.1) is 12.5 Å². The van der Waals surface area contributed by atoms with Gasteiger partial charge in [0.2, 0.25) is 11.8 Å². The Bertz CT molecular complexity index is 530. The summed E-state index contributed by atoms with van der Waals surface area (Å²) in [6.07, 6.45) is 1.02. The molecule has 6 nitrogen and oxygen atoms in total. The van der Waals surface area contributed by atoms with Crippen molar-refractivity contribution in [2.45, 2.75) is 19.8 Å². The number of carbonyl (C=O) groups excluding carboxylic acids is 2. The number of ether oxygens (including phenoxy) is 2. The van der Waals surface area contributed by atoms with Gasteiger partial charge in [-0.15, -0.1) is 0 Å². The highest BCUT2D eigenvalue weighted by molar-refractivity contribution is 6.00. The second-order valence-corrected chi connectivity index (χ2v) is 5.47. The van der Waals surface area contributed by atoms with E-state index in [1.54, 1.807) is 12.0 Å². The standard InChI is InChI=1S/C17H24N2O4/c1-3-23-15-7-5-14(6-8-15)19-12-13(11-16(19)20)17(21)18-9-4-10-22-2/h5-8,13H,3-4,9-12H2,1-2H3,(H,18,21)/t13-/m1/s1. The van der Waals surface area contributed by atoms with Gasteiger partial charge >= 0.3 is 0 Å². The molecule has 6 heteroatoms. The number of nitrogens with one attached hydrogen (secondary N) is 1. The molecule has 23 heavy (non-hydrogen) atoms. The normalized spacial score (nSPS) is 17.4. The zero-order valence-electron chi connectivity index (χ0n) is 13.7. The van der Waals surface area contributed by atoms with Gasteiger partial charge in [-0.3, -0.25) is 9.59 Å². The van der Waals surface area contributed by atoms with Crippen molar-refractivity contribution in [1.82, 2.24) is 5.32 Å². The second-order valence-electron chi connectivity index (χ2n) is 5.47. The summed E-state index contributed by atoms with van der Waals surface area (Å²) in [5.41, 5.74) is 0.799. The predicted molar refractivity (Wildman–Crippen MR) is 87.6 cm³/mol. The van der Waals surface area contributed by atoms with Gasteiger partial charge in [0.25, 0.3) is 0 Å². The molecule has 0 spiro atoms. The Labute approximate surface area is 136 Å². The van der Waals surface area contributed by atoms with Gasteiger partial charge in [-0.05, 0) is 37.6 Å². The molecule has 0 radical (unpaired) electrons. The van der Waals surface area contributed by atoms with Crippen LogP contribution >= 0.6 is 0 Å². The molecule has 1 aromatic carbocycles. The molecule has 126 valence electrons. The summed E-state index contributed by atoms with van der Waals surface area (Å²) >= 11 is 0. The van der Waals surface area contributed by atoms with Gasteiger partial charge in [0, 0.05) is 38.9 Å². The topological polar surface area (TPSA) is 67.9 Å². The summed E-state index contributed by atoms with van der Waals surface area (Å²) in [5.74, 6) is 0.390. The summed E-state index contributed by atoms with van der Waals surface area (Å²) in [6.45, 7) is 4.13. The van der Waals surface area contributed by atoms with Crippen LogP contribution in [0.25, 0.3) is 0 Å². The zero-order valence-corrected chi connectivity index (χ0v) is 13.7. The molecule has 2 rings (SSSR count). The van der Waals surface area contributed by atoms with Crippen molar-refractivity contribution in [2.24, 2.45) is 5.92 Å². The van der Waals surface area contributed by atoms with Crippen LogP contribution in [-0.4, -0.2) is 45.2 Å². The number of benzene rings is 1. The summed E-state index contributed by atoms with van der Waals surface area (Å²) in [7, 11) is 1.63. The van der Waals surface area contributed by atoms with E-state index in [9.17, 15) is 9.59 Å². The van der Waals surface area contributed by atoms with Gasteiger partial charge in [0.15, 0.2) is 0 Å². The fourth-order valence-corrected chi connectivity index (χ4v) is 2.59. The van der Waals surface area contributed by atoms with Crippen LogP contribution < -0.4 is 15.0 Å². The number of hydrogen-bond acceptors (Lipinski definition) is 4. The Morgan fingerprint density at radius 3 is 2.74 bits per heavy atom. The van der Waals surface area contributed by atoms with E-state index >= 15 is 0 Å². The van der Waals surface area contributed by atoms with Crippen molar-refractivity contribution >= 4 is 17.5 Å². The lowest BCUT2D eigenvalue weighted by Gasteiger charge is -2.17. The molecule has 0 unspecified atom stereocenters. The molecule has 1 aromatic rings. The summed E-state index contributed by atoms with van der Waals surface area (Å²) < 4.78 is 10.3. The number of rotatable bonds is 8. The van der Waals surface area contributed by atoms with Crippen LogP contribution in [0.15, 0.2) is 24.3 Å². The van der Waals surface area contributed by atoms with Gasteiger partial charge in [-0.25, -0.2) is 0 Å². The van der Waals surface area contributed by atoms with E-state index in [0.717, 1.165) is 17.9 Å². The summed E-state index contributed by atoms with van der Waals surface area (Å²) in [4.78, 5) is 26.0. The number of nitrogens with zero attached hydrogens (tertiary/aromatic N) is 1.